The van der Waals surface area contributed by atoms with Crippen molar-refractivity contribution in [2.75, 3.05) is 20.1 Å². The summed E-state index contributed by atoms with van der Waals surface area (Å²) >= 11 is 0. The van der Waals surface area contributed by atoms with Gasteiger partial charge in [-0.05, 0) is 52.8 Å². The summed E-state index contributed by atoms with van der Waals surface area (Å²) in [5.41, 5.74) is 2.60. The predicted molar refractivity (Wildman–Crippen MR) is 93.3 cm³/mol. The standard InChI is InChI=1S/C18H25N5O/c1-11(2)23-17-15(9-19-23)14(8-16(21-17)12-4-5-12)18(24)20-13-6-7-22(3)10-13/h8-9,11-13H,4-7,10H2,1-3H3,(H,20,24). The number of likely N-dealkylation sites (tertiary alicyclic amines) is 1. The molecule has 3 heterocycles. The van der Waals surface area contributed by atoms with Crippen LogP contribution in [0.15, 0.2) is 12.3 Å². The van der Waals surface area contributed by atoms with E-state index < -0.39 is 0 Å². The Morgan fingerprint density at radius 2 is 2.12 bits per heavy atom. The Labute approximate surface area is 142 Å². The van der Waals surface area contributed by atoms with Gasteiger partial charge in [0.15, 0.2) is 5.65 Å². The molecule has 1 aliphatic carbocycles. The van der Waals surface area contributed by atoms with Crippen LogP contribution in [0.2, 0.25) is 0 Å². The zero-order valence-electron chi connectivity index (χ0n) is 14.6. The molecule has 0 bridgehead atoms. The molecule has 0 spiro atoms. The fourth-order valence-corrected chi connectivity index (χ4v) is 3.51. The van der Waals surface area contributed by atoms with Gasteiger partial charge in [-0.1, -0.05) is 0 Å². The Morgan fingerprint density at radius 3 is 2.75 bits per heavy atom. The van der Waals surface area contributed by atoms with E-state index >= 15 is 0 Å². The summed E-state index contributed by atoms with van der Waals surface area (Å²) in [6.45, 7) is 6.13. The molecule has 2 aromatic heterocycles. The highest BCUT2D eigenvalue weighted by Gasteiger charge is 2.29. The number of carbonyl (C=O) groups is 1. The first kappa shape index (κ1) is 15.6. The van der Waals surface area contributed by atoms with Gasteiger partial charge >= 0.3 is 0 Å². The maximum absolute atomic E-state index is 12.9. The van der Waals surface area contributed by atoms with E-state index in [4.69, 9.17) is 4.98 Å². The molecule has 0 radical (unpaired) electrons. The normalized spacial score (nSPS) is 21.8. The number of pyridine rings is 1. The lowest BCUT2D eigenvalue weighted by atomic mass is 10.1. The predicted octanol–water partition coefficient (Wildman–Crippen LogP) is 2.32. The van der Waals surface area contributed by atoms with E-state index in [9.17, 15) is 4.79 Å². The number of nitrogens with zero attached hydrogens (tertiary/aromatic N) is 4. The van der Waals surface area contributed by atoms with E-state index in [2.05, 4.69) is 36.2 Å². The van der Waals surface area contributed by atoms with Gasteiger partial charge in [0.1, 0.15) is 0 Å². The molecule has 1 amide bonds. The largest absolute Gasteiger partial charge is 0.348 e. The topological polar surface area (TPSA) is 63.1 Å². The Kier molecular flexibility index (Phi) is 3.79. The minimum absolute atomic E-state index is 0.00732. The molecule has 2 aliphatic rings. The number of amides is 1. The Morgan fingerprint density at radius 1 is 1.33 bits per heavy atom. The van der Waals surface area contributed by atoms with E-state index in [0.717, 1.165) is 41.8 Å². The molecule has 6 nitrogen and oxygen atoms in total. The molecule has 1 N–H and O–H groups in total. The van der Waals surface area contributed by atoms with Crippen LogP contribution >= 0.6 is 0 Å². The number of rotatable bonds is 4. The molecular formula is C18H25N5O. The van der Waals surface area contributed by atoms with Crippen molar-refractivity contribution >= 4 is 16.9 Å². The van der Waals surface area contributed by atoms with Gasteiger partial charge in [-0.3, -0.25) is 4.79 Å². The fraction of sp³-hybridized carbons (Fsp3) is 0.611. The SMILES string of the molecule is CC(C)n1ncc2c(C(=O)NC3CCN(C)C3)cc(C3CC3)nc21. The Hall–Kier alpha value is -1.95. The Balaban J connectivity index is 1.71. The highest BCUT2D eigenvalue weighted by molar-refractivity contribution is 6.05. The third-order valence-corrected chi connectivity index (χ3v) is 5.04. The molecule has 1 atom stereocenters. The van der Waals surface area contributed by atoms with Gasteiger partial charge < -0.3 is 10.2 Å². The summed E-state index contributed by atoms with van der Waals surface area (Å²) in [4.78, 5) is 20.0. The number of fused-ring (bicyclic) bond motifs is 1. The smallest absolute Gasteiger partial charge is 0.252 e. The van der Waals surface area contributed by atoms with Gasteiger partial charge in [-0.2, -0.15) is 5.10 Å². The van der Waals surface area contributed by atoms with E-state index in [0.29, 0.717) is 5.92 Å². The van der Waals surface area contributed by atoms with Crippen molar-refractivity contribution in [2.45, 2.75) is 51.1 Å². The molecule has 1 saturated heterocycles. The van der Waals surface area contributed by atoms with Crippen LogP contribution in [0.3, 0.4) is 0 Å². The lowest BCUT2D eigenvalue weighted by Crippen LogP contribution is -2.36. The number of hydrogen-bond acceptors (Lipinski definition) is 4. The first-order chi connectivity index (χ1) is 11.5. The third-order valence-electron chi connectivity index (χ3n) is 5.04. The number of likely N-dealkylation sites (N-methyl/N-ethyl adjacent to an activating group) is 1. The van der Waals surface area contributed by atoms with Crippen molar-refractivity contribution in [3.8, 4) is 0 Å². The van der Waals surface area contributed by atoms with Crippen LogP contribution in [0.5, 0.6) is 0 Å². The summed E-state index contributed by atoms with van der Waals surface area (Å²) in [7, 11) is 2.09. The fourth-order valence-electron chi connectivity index (χ4n) is 3.51. The second-order valence-electron chi connectivity index (χ2n) is 7.51. The molecule has 2 fully saturated rings. The van der Waals surface area contributed by atoms with Gasteiger partial charge in [-0.25, -0.2) is 9.67 Å². The number of nitrogens with one attached hydrogen (secondary N) is 1. The van der Waals surface area contributed by atoms with Crippen LogP contribution in [-0.2, 0) is 0 Å². The van der Waals surface area contributed by atoms with Crippen LogP contribution in [-0.4, -0.2) is 51.8 Å². The summed E-state index contributed by atoms with van der Waals surface area (Å²) in [6.07, 6.45) is 5.14. The summed E-state index contributed by atoms with van der Waals surface area (Å²) in [5, 5.41) is 8.52. The van der Waals surface area contributed by atoms with Crippen molar-refractivity contribution in [3.63, 3.8) is 0 Å². The minimum atomic E-state index is 0.00732. The highest BCUT2D eigenvalue weighted by Crippen LogP contribution is 2.40. The van der Waals surface area contributed by atoms with Gasteiger partial charge in [0.05, 0.1) is 17.1 Å². The molecule has 1 saturated carbocycles. The lowest BCUT2D eigenvalue weighted by molar-refractivity contribution is 0.0940. The van der Waals surface area contributed by atoms with Crippen LogP contribution in [0.4, 0.5) is 0 Å². The average Bonchev–Trinajstić information content (AvgIpc) is 3.18. The summed E-state index contributed by atoms with van der Waals surface area (Å²) in [5.74, 6) is 0.516. The number of carbonyl (C=O) groups excluding carboxylic acids is 1. The van der Waals surface area contributed by atoms with Crippen molar-refractivity contribution in [2.24, 2.45) is 0 Å². The monoisotopic (exact) mass is 327 g/mol. The van der Waals surface area contributed by atoms with Crippen LogP contribution in [0, 0.1) is 0 Å². The molecule has 1 aliphatic heterocycles. The first-order valence-corrected chi connectivity index (χ1v) is 8.90. The summed E-state index contributed by atoms with van der Waals surface area (Å²) < 4.78 is 1.92. The van der Waals surface area contributed by atoms with Crippen LogP contribution in [0.25, 0.3) is 11.0 Å². The minimum Gasteiger partial charge on any atom is -0.348 e. The second kappa shape index (κ2) is 5.84. The molecule has 2 aromatic rings. The lowest BCUT2D eigenvalue weighted by Gasteiger charge is -2.14. The molecule has 4 rings (SSSR count). The van der Waals surface area contributed by atoms with Gasteiger partial charge in [0, 0.05) is 30.2 Å². The maximum atomic E-state index is 12.9. The molecule has 128 valence electrons. The second-order valence-corrected chi connectivity index (χ2v) is 7.51. The first-order valence-electron chi connectivity index (χ1n) is 8.90. The zero-order chi connectivity index (χ0) is 16.8. The van der Waals surface area contributed by atoms with Crippen molar-refractivity contribution in [3.05, 3.63) is 23.5 Å². The number of hydrogen-bond donors (Lipinski definition) is 1. The highest BCUT2D eigenvalue weighted by atomic mass is 16.1. The van der Waals surface area contributed by atoms with E-state index in [1.54, 1.807) is 6.20 Å². The van der Waals surface area contributed by atoms with E-state index in [-0.39, 0.29) is 18.0 Å². The van der Waals surface area contributed by atoms with Gasteiger partial charge in [0.2, 0.25) is 0 Å². The van der Waals surface area contributed by atoms with Gasteiger partial charge in [-0.15, -0.1) is 0 Å². The van der Waals surface area contributed by atoms with Crippen LogP contribution in [0.1, 0.15) is 61.1 Å². The number of aromatic nitrogens is 3. The quantitative estimate of drug-likeness (QED) is 0.936. The molecular weight excluding hydrogens is 302 g/mol. The molecule has 0 aromatic carbocycles. The van der Waals surface area contributed by atoms with E-state index in [1.807, 2.05) is 10.7 Å². The Bertz CT molecular complexity index is 777. The zero-order valence-corrected chi connectivity index (χ0v) is 14.6. The molecule has 24 heavy (non-hydrogen) atoms. The maximum Gasteiger partial charge on any atom is 0.252 e. The van der Waals surface area contributed by atoms with Crippen molar-refractivity contribution in [1.29, 1.82) is 0 Å². The van der Waals surface area contributed by atoms with E-state index in [1.165, 1.54) is 12.8 Å². The average molecular weight is 327 g/mol. The summed E-state index contributed by atoms with van der Waals surface area (Å²) in [6, 6.07) is 2.44. The van der Waals surface area contributed by atoms with Gasteiger partial charge in [0.25, 0.3) is 5.91 Å². The molecule has 1 unspecified atom stereocenters. The third kappa shape index (κ3) is 2.79. The van der Waals surface area contributed by atoms with Crippen LogP contribution < -0.4 is 5.32 Å². The van der Waals surface area contributed by atoms with Crippen molar-refractivity contribution in [1.82, 2.24) is 25.0 Å². The van der Waals surface area contributed by atoms with Crippen molar-refractivity contribution < 1.29 is 4.79 Å². The molecule has 6 heteroatoms.